The number of hydrogen-bond donors (Lipinski definition) is 1. The first-order valence-corrected chi connectivity index (χ1v) is 10.5. The minimum Gasteiger partial charge on any atom is -0.326 e. The van der Waals surface area contributed by atoms with Crippen molar-refractivity contribution in [1.82, 2.24) is 4.31 Å². The number of nitrogens with one attached hydrogen (secondary N) is 1. The summed E-state index contributed by atoms with van der Waals surface area (Å²) in [6, 6.07) is 11.9. The number of benzene rings is 2. The second kappa shape index (κ2) is 8.19. The molecule has 0 aromatic heterocycles. The first-order chi connectivity index (χ1) is 12.9. The second-order valence-electron chi connectivity index (χ2n) is 6.74. The molecule has 0 radical (unpaired) electrons. The molecule has 3 rings (SSSR count). The standard InChI is InChI=1S/C20H23FN2O3S/c1-15(24)22-18-9-11-19(12-10-18)27(25,26)23-13-4-2-3-8-20(23)16-6-5-7-17(21)14-16/h5-7,9-12,14,20H,2-4,8,13H2,1H3,(H,22,24)/t20-/m1/s1. The molecule has 0 spiro atoms. The van der Waals surface area contributed by atoms with Crippen LogP contribution in [0.15, 0.2) is 53.4 Å². The monoisotopic (exact) mass is 390 g/mol. The summed E-state index contributed by atoms with van der Waals surface area (Å²) in [4.78, 5) is 11.3. The quantitative estimate of drug-likeness (QED) is 0.855. The Kier molecular flexibility index (Phi) is 5.92. The van der Waals surface area contributed by atoms with E-state index < -0.39 is 10.0 Å². The predicted molar refractivity (Wildman–Crippen MR) is 102 cm³/mol. The van der Waals surface area contributed by atoms with Gasteiger partial charge in [0.05, 0.1) is 10.9 Å². The average Bonchev–Trinajstić information content (AvgIpc) is 2.88. The summed E-state index contributed by atoms with van der Waals surface area (Å²) in [6.07, 6.45) is 3.27. The van der Waals surface area contributed by atoms with Gasteiger partial charge in [-0.1, -0.05) is 25.0 Å². The first-order valence-electron chi connectivity index (χ1n) is 9.03. The van der Waals surface area contributed by atoms with Crippen molar-refractivity contribution in [3.05, 3.63) is 59.9 Å². The Morgan fingerprint density at radius 2 is 1.85 bits per heavy atom. The first kappa shape index (κ1) is 19.5. The summed E-state index contributed by atoms with van der Waals surface area (Å²) in [6.45, 7) is 1.79. The highest BCUT2D eigenvalue weighted by atomic mass is 32.2. The summed E-state index contributed by atoms with van der Waals surface area (Å²) >= 11 is 0. The van der Waals surface area contributed by atoms with E-state index in [1.165, 1.54) is 35.5 Å². The minimum atomic E-state index is -3.74. The van der Waals surface area contributed by atoms with Crippen LogP contribution in [0, 0.1) is 5.82 Å². The molecule has 7 heteroatoms. The Hall–Kier alpha value is -2.25. The summed E-state index contributed by atoms with van der Waals surface area (Å²) in [5.41, 5.74) is 1.22. The number of amides is 1. The lowest BCUT2D eigenvalue weighted by atomic mass is 10.0. The van der Waals surface area contributed by atoms with E-state index in [2.05, 4.69) is 5.32 Å². The highest BCUT2D eigenvalue weighted by Crippen LogP contribution is 2.35. The third-order valence-electron chi connectivity index (χ3n) is 4.72. The van der Waals surface area contributed by atoms with Gasteiger partial charge in [-0.15, -0.1) is 0 Å². The van der Waals surface area contributed by atoms with Crippen molar-refractivity contribution >= 4 is 21.6 Å². The van der Waals surface area contributed by atoms with Crippen molar-refractivity contribution in [2.75, 3.05) is 11.9 Å². The second-order valence-corrected chi connectivity index (χ2v) is 8.63. The molecule has 0 saturated carbocycles. The van der Waals surface area contributed by atoms with Gasteiger partial charge in [-0.25, -0.2) is 12.8 Å². The maximum absolute atomic E-state index is 13.7. The van der Waals surface area contributed by atoms with Crippen LogP contribution < -0.4 is 5.32 Å². The van der Waals surface area contributed by atoms with E-state index in [1.807, 2.05) is 0 Å². The molecule has 5 nitrogen and oxygen atoms in total. The summed E-state index contributed by atoms with van der Waals surface area (Å²) < 4.78 is 41.8. The van der Waals surface area contributed by atoms with Crippen molar-refractivity contribution in [2.24, 2.45) is 0 Å². The zero-order valence-electron chi connectivity index (χ0n) is 15.2. The minimum absolute atomic E-state index is 0.167. The van der Waals surface area contributed by atoms with Crippen LogP contribution in [0.4, 0.5) is 10.1 Å². The molecule has 1 saturated heterocycles. The number of sulfonamides is 1. The Morgan fingerprint density at radius 3 is 2.52 bits per heavy atom. The molecule has 0 aliphatic carbocycles. The van der Waals surface area contributed by atoms with Crippen LogP contribution in [0.5, 0.6) is 0 Å². The lowest BCUT2D eigenvalue weighted by molar-refractivity contribution is -0.114. The SMILES string of the molecule is CC(=O)Nc1ccc(S(=O)(=O)N2CCCCC[C@@H]2c2cccc(F)c2)cc1. The number of halogens is 1. The lowest BCUT2D eigenvalue weighted by Crippen LogP contribution is -2.34. The zero-order chi connectivity index (χ0) is 19.4. The van der Waals surface area contributed by atoms with Gasteiger partial charge in [0.15, 0.2) is 0 Å². The molecule has 1 aliphatic heterocycles. The van der Waals surface area contributed by atoms with Crippen LogP contribution >= 0.6 is 0 Å². The number of anilines is 1. The van der Waals surface area contributed by atoms with Crippen LogP contribution in [0.25, 0.3) is 0 Å². The summed E-state index contributed by atoms with van der Waals surface area (Å²) in [5.74, 6) is -0.585. The predicted octanol–water partition coefficient (Wildman–Crippen LogP) is 4.09. The topological polar surface area (TPSA) is 66.5 Å². The summed E-state index contributed by atoms with van der Waals surface area (Å²) in [7, 11) is -3.74. The highest BCUT2D eigenvalue weighted by molar-refractivity contribution is 7.89. The Balaban J connectivity index is 1.95. The highest BCUT2D eigenvalue weighted by Gasteiger charge is 2.33. The molecular formula is C20H23FN2O3S. The van der Waals surface area contributed by atoms with Gasteiger partial charge in [0.1, 0.15) is 5.82 Å². The number of nitrogens with zero attached hydrogens (tertiary/aromatic N) is 1. The van der Waals surface area contributed by atoms with Gasteiger partial charge >= 0.3 is 0 Å². The van der Waals surface area contributed by atoms with Crippen LogP contribution in [0.2, 0.25) is 0 Å². The molecule has 0 unspecified atom stereocenters. The van der Waals surface area contributed by atoms with E-state index >= 15 is 0 Å². The number of carbonyl (C=O) groups excluding carboxylic acids is 1. The van der Waals surface area contributed by atoms with Gasteiger partial charge in [-0.2, -0.15) is 4.31 Å². The number of hydrogen-bond acceptors (Lipinski definition) is 3. The van der Waals surface area contributed by atoms with Gasteiger partial charge < -0.3 is 5.32 Å². The van der Waals surface area contributed by atoms with E-state index in [4.69, 9.17) is 0 Å². The number of carbonyl (C=O) groups is 1. The van der Waals surface area contributed by atoms with Gasteiger partial charge in [0.2, 0.25) is 15.9 Å². The fourth-order valence-corrected chi connectivity index (χ4v) is 5.15. The maximum atomic E-state index is 13.7. The normalized spacial score (nSPS) is 18.7. The van der Waals surface area contributed by atoms with E-state index in [0.29, 0.717) is 24.2 Å². The van der Waals surface area contributed by atoms with Crippen LogP contribution in [0.3, 0.4) is 0 Å². The van der Waals surface area contributed by atoms with Crippen molar-refractivity contribution in [3.63, 3.8) is 0 Å². The smallest absolute Gasteiger partial charge is 0.243 e. The molecule has 144 valence electrons. The number of rotatable bonds is 4. The zero-order valence-corrected chi connectivity index (χ0v) is 16.0. The molecule has 1 aliphatic rings. The van der Waals surface area contributed by atoms with Gasteiger partial charge in [-0.05, 0) is 54.8 Å². The van der Waals surface area contributed by atoms with E-state index in [1.54, 1.807) is 24.3 Å². The molecule has 1 heterocycles. The van der Waals surface area contributed by atoms with Crippen LogP contribution in [0.1, 0.15) is 44.2 Å². The third kappa shape index (κ3) is 4.54. The van der Waals surface area contributed by atoms with Gasteiger partial charge in [-0.3, -0.25) is 4.79 Å². The molecule has 0 bridgehead atoms. The van der Waals surface area contributed by atoms with Crippen LogP contribution in [-0.4, -0.2) is 25.2 Å². The van der Waals surface area contributed by atoms with Crippen molar-refractivity contribution in [1.29, 1.82) is 0 Å². The Morgan fingerprint density at radius 1 is 1.11 bits per heavy atom. The van der Waals surface area contributed by atoms with E-state index in [9.17, 15) is 17.6 Å². The van der Waals surface area contributed by atoms with Crippen molar-refractivity contribution < 1.29 is 17.6 Å². The molecule has 1 atom stereocenters. The van der Waals surface area contributed by atoms with Crippen molar-refractivity contribution in [3.8, 4) is 0 Å². The fourth-order valence-electron chi connectivity index (χ4n) is 3.47. The third-order valence-corrected chi connectivity index (χ3v) is 6.64. The van der Waals surface area contributed by atoms with Crippen molar-refractivity contribution in [2.45, 2.75) is 43.5 Å². The summed E-state index contributed by atoms with van der Waals surface area (Å²) in [5, 5.41) is 2.62. The van der Waals surface area contributed by atoms with Gasteiger partial charge in [0, 0.05) is 19.2 Å². The molecule has 1 fully saturated rings. The fraction of sp³-hybridized carbons (Fsp3) is 0.350. The molecule has 27 heavy (non-hydrogen) atoms. The largest absolute Gasteiger partial charge is 0.326 e. The van der Waals surface area contributed by atoms with E-state index in [0.717, 1.165) is 19.3 Å². The van der Waals surface area contributed by atoms with Gasteiger partial charge in [0.25, 0.3) is 0 Å². The van der Waals surface area contributed by atoms with Crippen LogP contribution in [-0.2, 0) is 14.8 Å². The molecule has 1 amide bonds. The van der Waals surface area contributed by atoms with E-state index in [-0.39, 0.29) is 22.7 Å². The Bertz CT molecular complexity index is 913. The molecule has 2 aromatic carbocycles. The molecule has 2 aromatic rings. The maximum Gasteiger partial charge on any atom is 0.243 e. The lowest BCUT2D eigenvalue weighted by Gasteiger charge is -2.29. The average molecular weight is 390 g/mol. The Labute approximate surface area is 159 Å². The molecular weight excluding hydrogens is 367 g/mol. The molecule has 1 N–H and O–H groups in total.